The van der Waals surface area contributed by atoms with Gasteiger partial charge < -0.3 is 15.1 Å². The molecule has 1 fully saturated rings. The van der Waals surface area contributed by atoms with Gasteiger partial charge in [-0.15, -0.1) is 11.3 Å². The van der Waals surface area contributed by atoms with Gasteiger partial charge in [0.1, 0.15) is 5.69 Å². The van der Waals surface area contributed by atoms with Crippen LogP contribution in [-0.2, 0) is 0 Å². The number of carbonyl (C=O) groups excluding carboxylic acids is 1. The van der Waals surface area contributed by atoms with Gasteiger partial charge in [-0.25, -0.2) is 4.98 Å². The molecule has 1 aliphatic rings. The lowest BCUT2D eigenvalue weighted by Crippen LogP contribution is -2.48. The van der Waals surface area contributed by atoms with Crippen molar-refractivity contribution in [2.75, 3.05) is 19.6 Å². The SMILES string of the molecule is Cc1sc(-c2ccco2)nc1C(=O)NCC1CNC1. The molecule has 0 atom stereocenters. The van der Waals surface area contributed by atoms with Crippen molar-refractivity contribution in [3.05, 3.63) is 29.0 Å². The van der Waals surface area contributed by atoms with Crippen molar-refractivity contribution in [1.82, 2.24) is 15.6 Å². The van der Waals surface area contributed by atoms with E-state index in [1.165, 1.54) is 11.3 Å². The van der Waals surface area contributed by atoms with Crippen LogP contribution in [0.5, 0.6) is 0 Å². The molecule has 2 aromatic rings. The van der Waals surface area contributed by atoms with E-state index in [-0.39, 0.29) is 5.91 Å². The van der Waals surface area contributed by atoms with Crippen molar-refractivity contribution in [2.45, 2.75) is 6.92 Å². The molecule has 2 N–H and O–H groups in total. The first-order valence-electron chi connectivity index (χ1n) is 6.24. The van der Waals surface area contributed by atoms with Gasteiger partial charge in [0.15, 0.2) is 10.8 Å². The Kier molecular flexibility index (Phi) is 3.35. The molecular formula is C13H15N3O2S. The molecule has 3 rings (SSSR count). The van der Waals surface area contributed by atoms with Crippen LogP contribution < -0.4 is 10.6 Å². The lowest BCUT2D eigenvalue weighted by molar-refractivity contribution is 0.0937. The van der Waals surface area contributed by atoms with Crippen LogP contribution in [0.25, 0.3) is 10.8 Å². The van der Waals surface area contributed by atoms with Gasteiger partial charge >= 0.3 is 0 Å². The summed E-state index contributed by atoms with van der Waals surface area (Å²) in [5, 5.41) is 6.86. The average Bonchev–Trinajstić information content (AvgIpc) is 2.95. The smallest absolute Gasteiger partial charge is 0.271 e. The fourth-order valence-corrected chi connectivity index (χ4v) is 2.81. The monoisotopic (exact) mass is 277 g/mol. The van der Waals surface area contributed by atoms with Crippen molar-refractivity contribution in [2.24, 2.45) is 5.92 Å². The van der Waals surface area contributed by atoms with Crippen LogP contribution in [0.1, 0.15) is 15.4 Å². The lowest BCUT2D eigenvalue weighted by Gasteiger charge is -2.26. The number of furan rings is 1. The number of thiazole rings is 1. The van der Waals surface area contributed by atoms with E-state index < -0.39 is 0 Å². The second-order valence-electron chi connectivity index (χ2n) is 4.64. The van der Waals surface area contributed by atoms with E-state index in [9.17, 15) is 4.79 Å². The highest BCUT2D eigenvalue weighted by molar-refractivity contribution is 7.15. The van der Waals surface area contributed by atoms with Crippen LogP contribution >= 0.6 is 11.3 Å². The number of nitrogens with zero attached hydrogens (tertiary/aromatic N) is 1. The van der Waals surface area contributed by atoms with E-state index in [2.05, 4.69) is 15.6 Å². The zero-order valence-electron chi connectivity index (χ0n) is 10.6. The highest BCUT2D eigenvalue weighted by atomic mass is 32.1. The Morgan fingerprint density at radius 3 is 3.11 bits per heavy atom. The van der Waals surface area contributed by atoms with Gasteiger partial charge in [-0.3, -0.25) is 4.79 Å². The summed E-state index contributed by atoms with van der Waals surface area (Å²) in [5.74, 6) is 1.15. The molecular weight excluding hydrogens is 262 g/mol. The first kappa shape index (κ1) is 12.4. The summed E-state index contributed by atoms with van der Waals surface area (Å²) in [5.41, 5.74) is 0.503. The van der Waals surface area contributed by atoms with E-state index in [0.29, 0.717) is 23.9 Å². The normalized spacial score (nSPS) is 15.2. The molecule has 1 aliphatic heterocycles. The minimum atomic E-state index is -0.0987. The summed E-state index contributed by atoms with van der Waals surface area (Å²) in [4.78, 5) is 17.4. The molecule has 1 saturated heterocycles. The highest BCUT2D eigenvalue weighted by Gasteiger charge is 2.21. The Labute approximate surface area is 115 Å². The minimum absolute atomic E-state index is 0.0987. The molecule has 5 nitrogen and oxygen atoms in total. The molecule has 0 bridgehead atoms. The Bertz CT molecular complexity index is 573. The lowest BCUT2D eigenvalue weighted by atomic mass is 10.0. The Morgan fingerprint density at radius 1 is 1.63 bits per heavy atom. The van der Waals surface area contributed by atoms with Crippen molar-refractivity contribution >= 4 is 17.2 Å². The van der Waals surface area contributed by atoms with Crippen LogP contribution in [0, 0.1) is 12.8 Å². The van der Waals surface area contributed by atoms with E-state index in [4.69, 9.17) is 4.42 Å². The second-order valence-corrected chi connectivity index (χ2v) is 5.84. The number of carbonyl (C=O) groups is 1. The summed E-state index contributed by atoms with van der Waals surface area (Å²) in [7, 11) is 0. The maximum atomic E-state index is 12.1. The molecule has 6 heteroatoms. The van der Waals surface area contributed by atoms with Crippen LogP contribution in [0.2, 0.25) is 0 Å². The molecule has 3 heterocycles. The Morgan fingerprint density at radius 2 is 2.47 bits per heavy atom. The first-order chi connectivity index (χ1) is 9.24. The van der Waals surface area contributed by atoms with Crippen molar-refractivity contribution in [1.29, 1.82) is 0 Å². The number of amides is 1. The van der Waals surface area contributed by atoms with Gasteiger partial charge in [0, 0.05) is 30.4 Å². The molecule has 0 aromatic carbocycles. The third-order valence-corrected chi connectivity index (χ3v) is 4.15. The number of hydrogen-bond acceptors (Lipinski definition) is 5. The maximum Gasteiger partial charge on any atom is 0.271 e. The van der Waals surface area contributed by atoms with Crippen molar-refractivity contribution in [3.8, 4) is 10.8 Å². The summed E-state index contributed by atoms with van der Waals surface area (Å²) in [6.07, 6.45) is 1.61. The van der Waals surface area contributed by atoms with E-state index >= 15 is 0 Å². The molecule has 0 spiro atoms. The highest BCUT2D eigenvalue weighted by Crippen LogP contribution is 2.27. The van der Waals surface area contributed by atoms with Gasteiger partial charge in [0.25, 0.3) is 5.91 Å². The third kappa shape index (κ3) is 2.54. The van der Waals surface area contributed by atoms with E-state index in [0.717, 1.165) is 23.0 Å². The molecule has 19 heavy (non-hydrogen) atoms. The molecule has 0 aliphatic carbocycles. The first-order valence-corrected chi connectivity index (χ1v) is 7.06. The van der Waals surface area contributed by atoms with Gasteiger partial charge in [-0.2, -0.15) is 0 Å². The number of rotatable bonds is 4. The Balaban J connectivity index is 1.71. The number of nitrogens with one attached hydrogen (secondary N) is 2. The maximum absolute atomic E-state index is 12.1. The predicted molar refractivity (Wildman–Crippen MR) is 73.2 cm³/mol. The number of hydrogen-bond donors (Lipinski definition) is 2. The quantitative estimate of drug-likeness (QED) is 0.892. The summed E-state index contributed by atoms with van der Waals surface area (Å²) in [6.45, 7) is 4.57. The number of aryl methyl sites for hydroxylation is 1. The van der Waals surface area contributed by atoms with Gasteiger partial charge in [-0.05, 0) is 19.1 Å². The van der Waals surface area contributed by atoms with Crippen LogP contribution in [0.3, 0.4) is 0 Å². The predicted octanol–water partition coefficient (Wildman–Crippen LogP) is 1.66. The van der Waals surface area contributed by atoms with E-state index in [1.807, 2.05) is 19.1 Å². The minimum Gasteiger partial charge on any atom is -0.462 e. The largest absolute Gasteiger partial charge is 0.462 e. The molecule has 100 valence electrons. The topological polar surface area (TPSA) is 67.2 Å². The van der Waals surface area contributed by atoms with Gasteiger partial charge in [0.2, 0.25) is 0 Å². The fourth-order valence-electron chi connectivity index (χ4n) is 1.93. The summed E-state index contributed by atoms with van der Waals surface area (Å²) >= 11 is 1.48. The van der Waals surface area contributed by atoms with Gasteiger partial charge in [0.05, 0.1) is 6.26 Å². The molecule has 1 amide bonds. The molecule has 0 unspecified atom stereocenters. The summed E-state index contributed by atoms with van der Waals surface area (Å²) in [6, 6.07) is 3.66. The van der Waals surface area contributed by atoms with Crippen LogP contribution in [-0.4, -0.2) is 30.5 Å². The standard InChI is InChI=1S/C13H15N3O2S/c1-8-11(12(17)15-7-9-5-14-6-9)16-13(19-8)10-3-2-4-18-10/h2-4,9,14H,5-7H2,1H3,(H,15,17). The Hall–Kier alpha value is -1.66. The van der Waals surface area contributed by atoms with Crippen LogP contribution in [0.4, 0.5) is 0 Å². The van der Waals surface area contributed by atoms with E-state index in [1.54, 1.807) is 6.26 Å². The van der Waals surface area contributed by atoms with Crippen molar-refractivity contribution in [3.63, 3.8) is 0 Å². The van der Waals surface area contributed by atoms with Crippen molar-refractivity contribution < 1.29 is 9.21 Å². The zero-order chi connectivity index (χ0) is 13.2. The van der Waals surface area contributed by atoms with Crippen LogP contribution in [0.15, 0.2) is 22.8 Å². The molecule has 0 saturated carbocycles. The number of aromatic nitrogens is 1. The summed E-state index contributed by atoms with van der Waals surface area (Å²) < 4.78 is 5.30. The molecule has 0 radical (unpaired) electrons. The van der Waals surface area contributed by atoms with Gasteiger partial charge in [-0.1, -0.05) is 0 Å². The zero-order valence-corrected chi connectivity index (χ0v) is 11.4. The average molecular weight is 277 g/mol. The fraction of sp³-hybridized carbons (Fsp3) is 0.385. The second kappa shape index (κ2) is 5.14. The molecule has 2 aromatic heterocycles. The third-order valence-electron chi connectivity index (χ3n) is 3.16.